The lowest BCUT2D eigenvalue weighted by Gasteiger charge is -2.04. The van der Waals surface area contributed by atoms with Gasteiger partial charge in [0.25, 0.3) is 11.8 Å². The highest BCUT2D eigenvalue weighted by molar-refractivity contribution is 5.75. The molecule has 0 bridgehead atoms. The number of amides is 2. The third-order valence-electron chi connectivity index (χ3n) is 2.98. The number of nitrogens with zero attached hydrogens (tertiary/aromatic N) is 2. The summed E-state index contributed by atoms with van der Waals surface area (Å²) in [4.78, 5) is 23.4. The standard InChI is InChI=1S/C16H18N4O2/c21-15(13-19-9-3-1-4-10-19)17-7-8-18-16(22)14-20-11-5-2-6-12-20/h1-6,9-12H,7-8,13-14H2/p+2. The van der Waals surface area contributed by atoms with Crippen LogP contribution < -0.4 is 19.8 Å². The van der Waals surface area contributed by atoms with E-state index in [1.807, 2.05) is 61.2 Å². The van der Waals surface area contributed by atoms with Crippen LogP contribution in [0.15, 0.2) is 61.2 Å². The highest BCUT2D eigenvalue weighted by atomic mass is 16.2. The SMILES string of the molecule is O=C(C[n+]1ccccc1)NCCNC(=O)C[n+]1ccccc1. The smallest absolute Gasteiger partial charge is 0.286 e. The Hall–Kier alpha value is -2.76. The van der Waals surface area contributed by atoms with Gasteiger partial charge in [0.1, 0.15) is 0 Å². The zero-order chi connectivity index (χ0) is 15.6. The van der Waals surface area contributed by atoms with Crippen molar-refractivity contribution in [3.8, 4) is 0 Å². The number of hydrogen-bond acceptors (Lipinski definition) is 2. The second-order valence-corrected chi connectivity index (χ2v) is 4.80. The molecule has 2 N–H and O–H groups in total. The summed E-state index contributed by atoms with van der Waals surface area (Å²) in [5.74, 6) is -0.161. The van der Waals surface area contributed by atoms with Crippen LogP contribution in [0.4, 0.5) is 0 Å². The van der Waals surface area contributed by atoms with Gasteiger partial charge in [-0.3, -0.25) is 9.59 Å². The molecule has 6 nitrogen and oxygen atoms in total. The Labute approximate surface area is 129 Å². The summed E-state index contributed by atoms with van der Waals surface area (Å²) in [7, 11) is 0. The molecular weight excluding hydrogens is 280 g/mol. The lowest BCUT2D eigenvalue weighted by molar-refractivity contribution is -0.684. The maximum Gasteiger partial charge on any atom is 0.286 e. The van der Waals surface area contributed by atoms with E-state index in [-0.39, 0.29) is 24.9 Å². The second kappa shape index (κ2) is 8.51. The predicted molar refractivity (Wildman–Crippen MR) is 79.3 cm³/mol. The molecule has 22 heavy (non-hydrogen) atoms. The van der Waals surface area contributed by atoms with Crippen LogP contribution in [0.1, 0.15) is 0 Å². The van der Waals surface area contributed by atoms with Gasteiger partial charge in [-0.1, -0.05) is 12.1 Å². The number of nitrogens with one attached hydrogen (secondary N) is 2. The zero-order valence-corrected chi connectivity index (χ0v) is 12.3. The molecule has 2 rings (SSSR count). The highest BCUT2D eigenvalue weighted by Gasteiger charge is 2.09. The van der Waals surface area contributed by atoms with Crippen molar-refractivity contribution in [1.82, 2.24) is 10.6 Å². The molecule has 0 saturated carbocycles. The van der Waals surface area contributed by atoms with Crippen LogP contribution in [0.25, 0.3) is 0 Å². The minimum Gasteiger partial charge on any atom is -0.349 e. The molecule has 0 spiro atoms. The monoisotopic (exact) mass is 300 g/mol. The number of carbonyl (C=O) groups is 2. The third kappa shape index (κ3) is 5.70. The van der Waals surface area contributed by atoms with E-state index < -0.39 is 0 Å². The van der Waals surface area contributed by atoms with Gasteiger partial charge in [-0.25, -0.2) is 0 Å². The van der Waals surface area contributed by atoms with Crippen LogP contribution >= 0.6 is 0 Å². The molecule has 6 heteroatoms. The summed E-state index contributed by atoms with van der Waals surface area (Å²) in [5, 5.41) is 5.54. The van der Waals surface area contributed by atoms with Crippen molar-refractivity contribution in [1.29, 1.82) is 0 Å². The topological polar surface area (TPSA) is 66.0 Å². The van der Waals surface area contributed by atoms with Gasteiger partial charge in [0.05, 0.1) is 0 Å². The zero-order valence-electron chi connectivity index (χ0n) is 12.3. The largest absolute Gasteiger partial charge is 0.349 e. The fourth-order valence-electron chi connectivity index (χ4n) is 1.93. The van der Waals surface area contributed by atoms with Crippen molar-refractivity contribution < 1.29 is 18.7 Å². The van der Waals surface area contributed by atoms with Crippen LogP contribution in [0.5, 0.6) is 0 Å². The maximum atomic E-state index is 11.7. The van der Waals surface area contributed by atoms with E-state index in [0.717, 1.165) is 0 Å². The van der Waals surface area contributed by atoms with E-state index in [9.17, 15) is 9.59 Å². The molecule has 0 radical (unpaired) electrons. The first-order valence-electron chi connectivity index (χ1n) is 7.15. The van der Waals surface area contributed by atoms with Crippen molar-refractivity contribution in [2.45, 2.75) is 13.1 Å². The van der Waals surface area contributed by atoms with Gasteiger partial charge in [0, 0.05) is 37.4 Å². The van der Waals surface area contributed by atoms with Crippen LogP contribution in [0, 0.1) is 0 Å². The first-order chi connectivity index (χ1) is 10.7. The quantitative estimate of drug-likeness (QED) is 0.519. The van der Waals surface area contributed by atoms with Gasteiger partial charge < -0.3 is 10.6 Å². The molecular formula is C16H20N4O2+2. The minimum absolute atomic E-state index is 0.0807. The Bertz CT molecular complexity index is 547. The number of pyridine rings is 2. The lowest BCUT2D eigenvalue weighted by atomic mass is 10.4. The number of hydrogen-bond donors (Lipinski definition) is 2. The maximum absolute atomic E-state index is 11.7. The molecule has 2 heterocycles. The van der Waals surface area contributed by atoms with E-state index >= 15 is 0 Å². The number of aromatic nitrogens is 2. The molecule has 0 saturated heterocycles. The Morgan fingerprint density at radius 2 is 1.00 bits per heavy atom. The van der Waals surface area contributed by atoms with Crippen molar-refractivity contribution in [3.05, 3.63) is 61.2 Å². The van der Waals surface area contributed by atoms with Gasteiger partial charge in [-0.05, 0) is 0 Å². The highest BCUT2D eigenvalue weighted by Crippen LogP contribution is 1.78. The summed E-state index contributed by atoms with van der Waals surface area (Å²) < 4.78 is 3.58. The molecule has 0 unspecified atom stereocenters. The Morgan fingerprint density at radius 3 is 1.36 bits per heavy atom. The van der Waals surface area contributed by atoms with Crippen molar-refractivity contribution in [2.24, 2.45) is 0 Å². The summed E-state index contributed by atoms with van der Waals surface area (Å²) in [6.45, 7) is 1.37. The van der Waals surface area contributed by atoms with Crippen molar-refractivity contribution in [2.75, 3.05) is 13.1 Å². The third-order valence-corrected chi connectivity index (χ3v) is 2.98. The average Bonchev–Trinajstić information content (AvgIpc) is 2.53. The van der Waals surface area contributed by atoms with Crippen molar-refractivity contribution in [3.63, 3.8) is 0 Å². The summed E-state index contributed by atoms with van der Waals surface area (Å²) in [6, 6.07) is 11.3. The molecule has 0 aromatic carbocycles. The van der Waals surface area contributed by atoms with Gasteiger partial charge >= 0.3 is 0 Å². The summed E-state index contributed by atoms with van der Waals surface area (Å²) >= 11 is 0. The Morgan fingerprint density at radius 1 is 0.636 bits per heavy atom. The first-order valence-corrected chi connectivity index (χ1v) is 7.15. The molecule has 0 aliphatic carbocycles. The van der Waals surface area contributed by atoms with Gasteiger partial charge in [-0.2, -0.15) is 9.13 Å². The second-order valence-electron chi connectivity index (χ2n) is 4.80. The van der Waals surface area contributed by atoms with Crippen LogP contribution in [0.2, 0.25) is 0 Å². The summed E-state index contributed by atoms with van der Waals surface area (Å²) in [6.07, 6.45) is 7.33. The van der Waals surface area contributed by atoms with E-state index in [1.54, 1.807) is 9.13 Å². The fourth-order valence-corrected chi connectivity index (χ4v) is 1.93. The van der Waals surface area contributed by atoms with E-state index in [2.05, 4.69) is 10.6 Å². The molecule has 114 valence electrons. The average molecular weight is 300 g/mol. The fraction of sp³-hybridized carbons (Fsp3) is 0.250. The molecule has 0 aliphatic heterocycles. The van der Waals surface area contributed by atoms with Crippen LogP contribution in [-0.4, -0.2) is 24.9 Å². The van der Waals surface area contributed by atoms with E-state index in [4.69, 9.17) is 0 Å². The normalized spacial score (nSPS) is 10.0. The Kier molecular flexibility index (Phi) is 6.04. The van der Waals surface area contributed by atoms with Crippen LogP contribution in [-0.2, 0) is 22.7 Å². The van der Waals surface area contributed by atoms with Gasteiger partial charge in [0.2, 0.25) is 13.1 Å². The lowest BCUT2D eigenvalue weighted by Crippen LogP contribution is -2.46. The Balaban J connectivity index is 1.60. The summed E-state index contributed by atoms with van der Waals surface area (Å²) in [5.41, 5.74) is 0. The first kappa shape index (κ1) is 15.6. The van der Waals surface area contributed by atoms with Crippen LogP contribution in [0.3, 0.4) is 0 Å². The molecule has 0 atom stereocenters. The molecule has 2 aromatic rings. The number of rotatable bonds is 7. The molecule has 0 fully saturated rings. The molecule has 2 amide bonds. The van der Waals surface area contributed by atoms with Gasteiger partial charge in [-0.15, -0.1) is 0 Å². The molecule has 2 aromatic heterocycles. The van der Waals surface area contributed by atoms with E-state index in [0.29, 0.717) is 13.1 Å². The number of carbonyl (C=O) groups excluding carboxylic acids is 2. The minimum atomic E-state index is -0.0807. The van der Waals surface area contributed by atoms with Crippen molar-refractivity contribution >= 4 is 11.8 Å². The predicted octanol–water partition coefficient (Wildman–Crippen LogP) is -0.806. The molecule has 0 aliphatic rings. The van der Waals surface area contributed by atoms with E-state index in [1.165, 1.54) is 0 Å². The van der Waals surface area contributed by atoms with Gasteiger partial charge in [0.15, 0.2) is 24.8 Å².